The van der Waals surface area contributed by atoms with Gasteiger partial charge < -0.3 is 33.7 Å². The summed E-state index contributed by atoms with van der Waals surface area (Å²) in [4.78, 5) is 30.1. The maximum absolute atomic E-state index is 13.6. The molecule has 3 aromatic rings. The van der Waals surface area contributed by atoms with Crippen molar-refractivity contribution in [2.24, 2.45) is 0 Å². The van der Waals surface area contributed by atoms with Gasteiger partial charge in [0.2, 0.25) is 12.7 Å². The monoisotopic (exact) mass is 525 g/mol. The first-order chi connectivity index (χ1) is 18.0. The highest BCUT2D eigenvalue weighted by Crippen LogP contribution is 2.33. The summed E-state index contributed by atoms with van der Waals surface area (Å²) in [5.41, 5.74) is 1.47. The molecule has 1 unspecified atom stereocenters. The molecule has 0 saturated carbocycles. The number of benzene rings is 2. The van der Waals surface area contributed by atoms with Crippen molar-refractivity contribution in [3.63, 3.8) is 0 Å². The minimum Gasteiger partial charge on any atom is -0.467 e. The minimum absolute atomic E-state index is 0.115. The van der Waals surface area contributed by atoms with E-state index in [4.69, 9.17) is 30.2 Å². The van der Waals surface area contributed by atoms with Crippen molar-refractivity contribution in [2.75, 3.05) is 31.8 Å². The average Bonchev–Trinajstić information content (AvgIpc) is 3.68. The molecule has 9 nitrogen and oxygen atoms in total. The highest BCUT2D eigenvalue weighted by Gasteiger charge is 2.27. The summed E-state index contributed by atoms with van der Waals surface area (Å²) in [5, 5.41) is 3.43. The van der Waals surface area contributed by atoms with Gasteiger partial charge in [0, 0.05) is 30.4 Å². The molecule has 1 aromatic heterocycles. The van der Waals surface area contributed by atoms with E-state index in [2.05, 4.69) is 5.32 Å². The molecule has 2 aromatic carbocycles. The van der Waals surface area contributed by atoms with E-state index in [1.807, 2.05) is 24.3 Å². The van der Waals surface area contributed by atoms with Crippen LogP contribution in [0.3, 0.4) is 0 Å². The number of hydrogen-bond donors (Lipinski definition) is 1. The molecular weight excluding hydrogens is 498 g/mol. The summed E-state index contributed by atoms with van der Waals surface area (Å²) in [5.74, 6) is 1.74. The second-order valence-corrected chi connectivity index (χ2v) is 9.41. The Hall–Kier alpha value is -3.69. The van der Waals surface area contributed by atoms with Crippen LogP contribution in [0, 0.1) is 0 Å². The number of nitrogens with zero attached hydrogens (tertiary/aromatic N) is 2. The zero-order valence-electron chi connectivity index (χ0n) is 20.2. The molecule has 3 heterocycles. The minimum atomic E-state index is -0.382. The lowest BCUT2D eigenvalue weighted by atomic mass is 10.1. The van der Waals surface area contributed by atoms with Crippen LogP contribution in [0.15, 0.2) is 65.3 Å². The fraction of sp³-hybridized carbons (Fsp3) is 0.333. The van der Waals surface area contributed by atoms with Gasteiger partial charge in [0.1, 0.15) is 12.3 Å². The number of nitrogens with one attached hydrogen (secondary N) is 1. The van der Waals surface area contributed by atoms with E-state index in [0.29, 0.717) is 47.7 Å². The number of fused-ring (bicyclic) bond motifs is 1. The molecule has 1 fully saturated rings. The number of urea groups is 1. The lowest BCUT2D eigenvalue weighted by Crippen LogP contribution is -2.46. The lowest BCUT2D eigenvalue weighted by Gasteiger charge is -2.29. The molecule has 3 amide bonds. The zero-order chi connectivity index (χ0) is 25.6. The van der Waals surface area contributed by atoms with Gasteiger partial charge in [0.15, 0.2) is 11.5 Å². The number of furan rings is 1. The van der Waals surface area contributed by atoms with Crippen molar-refractivity contribution in [1.82, 2.24) is 9.80 Å². The number of hydrogen-bond acceptors (Lipinski definition) is 6. The number of amides is 3. The van der Waals surface area contributed by atoms with E-state index in [9.17, 15) is 9.59 Å². The van der Waals surface area contributed by atoms with Crippen LogP contribution in [0.25, 0.3) is 0 Å². The molecule has 194 valence electrons. The van der Waals surface area contributed by atoms with Crippen molar-refractivity contribution in [3.05, 3.63) is 77.2 Å². The van der Waals surface area contributed by atoms with Crippen molar-refractivity contribution in [3.8, 4) is 11.5 Å². The Kier molecular flexibility index (Phi) is 7.82. The topological polar surface area (TPSA) is 93.5 Å². The van der Waals surface area contributed by atoms with Gasteiger partial charge in [-0.1, -0.05) is 17.7 Å². The van der Waals surface area contributed by atoms with Gasteiger partial charge in [-0.25, -0.2) is 4.79 Å². The molecule has 5 rings (SSSR count). The largest absolute Gasteiger partial charge is 0.467 e. The van der Waals surface area contributed by atoms with Crippen LogP contribution in [-0.4, -0.2) is 54.3 Å². The number of carbonyl (C=O) groups excluding carboxylic acids is 2. The van der Waals surface area contributed by atoms with Gasteiger partial charge in [-0.2, -0.15) is 0 Å². The second kappa shape index (κ2) is 11.6. The fourth-order valence-electron chi connectivity index (χ4n) is 4.34. The quantitative estimate of drug-likeness (QED) is 0.427. The fourth-order valence-corrected chi connectivity index (χ4v) is 4.46. The molecule has 10 heteroatoms. The predicted octanol–water partition coefficient (Wildman–Crippen LogP) is 4.90. The molecule has 2 aliphatic rings. The van der Waals surface area contributed by atoms with Gasteiger partial charge >= 0.3 is 6.03 Å². The van der Waals surface area contributed by atoms with E-state index in [-0.39, 0.29) is 37.9 Å². The Morgan fingerprint density at radius 1 is 1.00 bits per heavy atom. The third-order valence-electron chi connectivity index (χ3n) is 6.25. The molecule has 0 aliphatic carbocycles. The number of carbonyl (C=O) groups is 2. The molecule has 1 saturated heterocycles. The molecule has 0 bridgehead atoms. The van der Waals surface area contributed by atoms with E-state index in [1.165, 1.54) is 4.90 Å². The highest BCUT2D eigenvalue weighted by molar-refractivity contribution is 6.30. The predicted molar refractivity (Wildman–Crippen MR) is 137 cm³/mol. The van der Waals surface area contributed by atoms with E-state index in [0.717, 1.165) is 18.4 Å². The molecule has 0 spiro atoms. The van der Waals surface area contributed by atoms with Crippen LogP contribution in [0.1, 0.15) is 24.2 Å². The average molecular weight is 526 g/mol. The van der Waals surface area contributed by atoms with Crippen LogP contribution >= 0.6 is 11.6 Å². The van der Waals surface area contributed by atoms with E-state index >= 15 is 0 Å². The Morgan fingerprint density at radius 3 is 2.59 bits per heavy atom. The molecule has 1 atom stereocenters. The van der Waals surface area contributed by atoms with E-state index < -0.39 is 0 Å². The van der Waals surface area contributed by atoms with Crippen LogP contribution < -0.4 is 14.8 Å². The first kappa shape index (κ1) is 25.0. The summed E-state index contributed by atoms with van der Waals surface area (Å²) in [6.07, 6.45) is 3.23. The Morgan fingerprint density at radius 2 is 1.84 bits per heavy atom. The van der Waals surface area contributed by atoms with Gasteiger partial charge in [-0.3, -0.25) is 4.79 Å². The molecule has 1 N–H and O–H groups in total. The Balaban J connectivity index is 1.33. The third kappa shape index (κ3) is 6.55. The van der Waals surface area contributed by atoms with Crippen molar-refractivity contribution < 1.29 is 28.2 Å². The number of halogens is 1. The van der Waals surface area contributed by atoms with Gasteiger partial charge in [0.05, 0.1) is 18.9 Å². The highest BCUT2D eigenvalue weighted by atomic mass is 35.5. The molecular formula is C27H28ClN3O6. The lowest BCUT2D eigenvalue weighted by molar-refractivity contribution is -0.133. The first-order valence-electron chi connectivity index (χ1n) is 12.2. The summed E-state index contributed by atoms with van der Waals surface area (Å²) in [6.45, 7) is 1.58. The van der Waals surface area contributed by atoms with Gasteiger partial charge in [-0.15, -0.1) is 0 Å². The Bertz CT molecular complexity index is 1210. The third-order valence-corrected chi connectivity index (χ3v) is 6.50. The summed E-state index contributed by atoms with van der Waals surface area (Å²) < 4.78 is 22.2. The normalized spacial score (nSPS) is 16.0. The number of ether oxygens (including phenoxy) is 3. The van der Waals surface area contributed by atoms with Gasteiger partial charge in [0.25, 0.3) is 0 Å². The van der Waals surface area contributed by atoms with E-state index in [1.54, 1.807) is 41.5 Å². The van der Waals surface area contributed by atoms with Crippen molar-refractivity contribution in [1.29, 1.82) is 0 Å². The number of rotatable bonds is 9. The maximum atomic E-state index is 13.6. The van der Waals surface area contributed by atoms with Crippen molar-refractivity contribution >= 4 is 29.2 Å². The van der Waals surface area contributed by atoms with Gasteiger partial charge in [-0.05, 0) is 66.9 Å². The summed E-state index contributed by atoms with van der Waals surface area (Å²) in [6, 6.07) is 15.6. The Labute approximate surface area is 219 Å². The summed E-state index contributed by atoms with van der Waals surface area (Å²) in [7, 11) is 0. The second-order valence-electron chi connectivity index (χ2n) is 8.97. The first-order valence-corrected chi connectivity index (χ1v) is 12.5. The van der Waals surface area contributed by atoms with Crippen LogP contribution in [0.2, 0.25) is 5.02 Å². The van der Waals surface area contributed by atoms with Crippen LogP contribution in [-0.2, 0) is 22.6 Å². The SMILES string of the molecule is O=C(CN(CC1CCCO1)C(=O)Nc1ccc(Cl)cc1)N(Cc1ccc2c(c1)OCO2)Cc1ccco1. The van der Waals surface area contributed by atoms with Crippen LogP contribution in [0.4, 0.5) is 10.5 Å². The molecule has 2 aliphatic heterocycles. The molecule has 37 heavy (non-hydrogen) atoms. The van der Waals surface area contributed by atoms with Crippen molar-refractivity contribution in [2.45, 2.75) is 32.0 Å². The number of anilines is 1. The smallest absolute Gasteiger partial charge is 0.322 e. The molecule has 0 radical (unpaired) electrons. The van der Waals surface area contributed by atoms with Crippen LogP contribution in [0.5, 0.6) is 11.5 Å². The zero-order valence-corrected chi connectivity index (χ0v) is 21.0. The summed E-state index contributed by atoms with van der Waals surface area (Å²) >= 11 is 5.97. The maximum Gasteiger partial charge on any atom is 0.322 e. The standard InChI is InChI=1S/C27H28ClN3O6/c28-20-6-8-21(9-7-20)29-27(33)31(16-23-4-2-12-35-23)17-26(32)30(15-22-3-1-11-34-22)14-19-5-10-24-25(13-19)37-18-36-24/h1,3,5-11,13,23H,2,4,12,14-18H2,(H,29,33).